The van der Waals surface area contributed by atoms with Crippen molar-refractivity contribution in [2.45, 2.75) is 83.8 Å². The van der Waals surface area contributed by atoms with Crippen LogP contribution in [0.15, 0.2) is 61.3 Å². The molecule has 2 aliphatic heterocycles. The first kappa shape index (κ1) is 37.5. The Hall–Kier alpha value is -5.86. The van der Waals surface area contributed by atoms with E-state index in [2.05, 4.69) is 38.6 Å². The second-order valence-electron chi connectivity index (χ2n) is 14.9. The fourth-order valence-corrected chi connectivity index (χ4v) is 7.54. The molecular formula is C40H48N10O5. The quantitative estimate of drug-likeness (QED) is 0.154. The largest absolute Gasteiger partial charge is 0.490 e. The van der Waals surface area contributed by atoms with Gasteiger partial charge < -0.3 is 19.9 Å². The van der Waals surface area contributed by atoms with Gasteiger partial charge in [0.15, 0.2) is 5.65 Å². The summed E-state index contributed by atoms with van der Waals surface area (Å²) in [4.78, 5) is 62.4. The highest BCUT2D eigenvalue weighted by molar-refractivity contribution is 6.09. The molecule has 15 heteroatoms. The summed E-state index contributed by atoms with van der Waals surface area (Å²) in [6.07, 6.45) is 14.1. The summed E-state index contributed by atoms with van der Waals surface area (Å²) in [5.41, 5.74) is 3.26. The molecular weight excluding hydrogens is 701 g/mol. The van der Waals surface area contributed by atoms with Crippen molar-refractivity contribution in [2.24, 2.45) is 5.92 Å². The molecule has 6 heterocycles. The first-order valence-electron chi connectivity index (χ1n) is 19.2. The Kier molecular flexibility index (Phi) is 11.3. The molecule has 1 unspecified atom stereocenters. The molecule has 2 saturated heterocycles. The molecule has 55 heavy (non-hydrogen) atoms. The number of carbonyl (C=O) groups is 4. The minimum absolute atomic E-state index is 0.139. The lowest BCUT2D eigenvalue weighted by atomic mass is 9.92. The summed E-state index contributed by atoms with van der Waals surface area (Å²) in [6.45, 7) is 8.96. The van der Waals surface area contributed by atoms with Crippen LogP contribution in [0.3, 0.4) is 0 Å². The molecule has 0 bridgehead atoms. The number of carbonyl (C=O) groups excluding carboxylic acids is 4. The van der Waals surface area contributed by atoms with E-state index in [-0.39, 0.29) is 42.2 Å². The van der Waals surface area contributed by atoms with E-state index >= 15 is 0 Å². The molecule has 1 atom stereocenters. The zero-order valence-electron chi connectivity index (χ0n) is 31.6. The molecule has 2 N–H and O–H groups in total. The predicted octanol–water partition coefficient (Wildman–Crippen LogP) is 5.14. The standard InChI is InChI=1S/C40H48N10O5/c1-26(2)55-35-21-33-30(20-32(35)40(54)45-34-23-44-49-14-4-13-41-39(34)49)24-50(46-33)31-11-17-48(18-12-31)38(53)19-28-9-15-47(16-10-28)36-7-6-29(22-42-36)27(3)5-8-37(52)43-25-51/h4,6-7,13-14,20-28,31H,5,8-12,15-19H2,1-3H3,(H,45,54)(H,43,51,52). The second kappa shape index (κ2) is 16.7. The van der Waals surface area contributed by atoms with E-state index in [9.17, 15) is 19.2 Å². The van der Waals surface area contributed by atoms with Gasteiger partial charge in [-0.25, -0.2) is 14.5 Å². The number of nitrogens with zero attached hydrogens (tertiary/aromatic N) is 8. The Balaban J connectivity index is 0.907. The monoisotopic (exact) mass is 748 g/mol. The Bertz CT molecular complexity index is 2150. The first-order chi connectivity index (χ1) is 26.6. The van der Waals surface area contributed by atoms with Crippen molar-refractivity contribution in [3.8, 4) is 5.75 Å². The zero-order valence-corrected chi connectivity index (χ0v) is 31.6. The van der Waals surface area contributed by atoms with Gasteiger partial charge in [-0.3, -0.25) is 29.2 Å². The van der Waals surface area contributed by atoms with Crippen LogP contribution < -0.4 is 20.3 Å². The lowest BCUT2D eigenvalue weighted by molar-refractivity contribution is -0.133. The van der Waals surface area contributed by atoms with Crippen LogP contribution in [0, 0.1) is 5.92 Å². The highest BCUT2D eigenvalue weighted by atomic mass is 16.5. The number of benzene rings is 1. The number of fused-ring (bicyclic) bond motifs is 2. The summed E-state index contributed by atoms with van der Waals surface area (Å²) in [5, 5.41) is 15.1. The molecule has 0 spiro atoms. The van der Waals surface area contributed by atoms with Gasteiger partial charge in [-0.05, 0) is 81.5 Å². The number of piperidine rings is 2. The van der Waals surface area contributed by atoms with Crippen LogP contribution in [-0.4, -0.2) is 90.7 Å². The Morgan fingerprint density at radius 2 is 1.80 bits per heavy atom. The average molecular weight is 749 g/mol. The van der Waals surface area contributed by atoms with Crippen molar-refractivity contribution in [1.29, 1.82) is 0 Å². The third kappa shape index (κ3) is 8.76. The van der Waals surface area contributed by atoms with Crippen molar-refractivity contribution < 1.29 is 23.9 Å². The smallest absolute Gasteiger partial charge is 0.259 e. The highest BCUT2D eigenvalue weighted by Gasteiger charge is 2.29. The van der Waals surface area contributed by atoms with E-state index in [0.717, 1.165) is 61.1 Å². The van der Waals surface area contributed by atoms with Crippen LogP contribution in [0.2, 0.25) is 0 Å². The fraction of sp³-hybridized carbons (Fsp3) is 0.450. The Morgan fingerprint density at radius 1 is 1.00 bits per heavy atom. The molecule has 1 aromatic carbocycles. The number of aromatic nitrogens is 6. The van der Waals surface area contributed by atoms with Crippen molar-refractivity contribution in [3.05, 3.63) is 72.4 Å². The Morgan fingerprint density at radius 3 is 2.53 bits per heavy atom. The third-order valence-corrected chi connectivity index (χ3v) is 10.7. The maximum Gasteiger partial charge on any atom is 0.259 e. The maximum absolute atomic E-state index is 13.6. The van der Waals surface area contributed by atoms with Gasteiger partial charge in [0.2, 0.25) is 18.2 Å². The van der Waals surface area contributed by atoms with E-state index in [1.54, 1.807) is 29.2 Å². The number of anilines is 2. The van der Waals surface area contributed by atoms with E-state index < -0.39 is 0 Å². The number of pyridine rings is 1. The molecule has 4 amide bonds. The molecule has 0 radical (unpaired) electrons. The number of hydrogen-bond donors (Lipinski definition) is 2. The van der Waals surface area contributed by atoms with Gasteiger partial charge in [0.25, 0.3) is 5.91 Å². The molecule has 288 valence electrons. The van der Waals surface area contributed by atoms with E-state index in [0.29, 0.717) is 60.9 Å². The van der Waals surface area contributed by atoms with Crippen LogP contribution >= 0.6 is 0 Å². The molecule has 5 aromatic rings. The number of nitrogens with one attached hydrogen (secondary N) is 2. The summed E-state index contributed by atoms with van der Waals surface area (Å²) < 4.78 is 9.67. The van der Waals surface area contributed by atoms with Crippen LogP contribution in [-0.2, 0) is 14.4 Å². The van der Waals surface area contributed by atoms with Gasteiger partial charge in [-0.1, -0.05) is 13.0 Å². The number of likely N-dealkylation sites (tertiary alicyclic amines) is 1. The number of imide groups is 1. The number of rotatable bonds is 13. The summed E-state index contributed by atoms with van der Waals surface area (Å²) >= 11 is 0. The summed E-state index contributed by atoms with van der Waals surface area (Å²) in [6, 6.07) is 9.66. The van der Waals surface area contributed by atoms with E-state index in [1.807, 2.05) is 54.0 Å². The van der Waals surface area contributed by atoms with Crippen LogP contribution in [0.5, 0.6) is 5.75 Å². The predicted molar refractivity (Wildman–Crippen MR) is 207 cm³/mol. The normalized spacial score (nSPS) is 16.1. The van der Waals surface area contributed by atoms with Crippen LogP contribution in [0.4, 0.5) is 11.5 Å². The van der Waals surface area contributed by atoms with E-state index in [4.69, 9.17) is 14.8 Å². The number of ether oxygens (including phenoxy) is 1. The lowest BCUT2D eigenvalue weighted by Crippen LogP contribution is -2.41. The number of hydrogen-bond acceptors (Lipinski definition) is 10. The van der Waals surface area contributed by atoms with Gasteiger partial charge in [-0.2, -0.15) is 10.2 Å². The van der Waals surface area contributed by atoms with Crippen molar-refractivity contribution in [3.63, 3.8) is 0 Å². The van der Waals surface area contributed by atoms with Crippen LogP contribution in [0.1, 0.15) is 93.6 Å². The highest BCUT2D eigenvalue weighted by Crippen LogP contribution is 2.32. The second-order valence-corrected chi connectivity index (χ2v) is 14.9. The summed E-state index contributed by atoms with van der Waals surface area (Å²) in [7, 11) is 0. The molecule has 15 nitrogen and oxygen atoms in total. The van der Waals surface area contributed by atoms with Gasteiger partial charge in [0.05, 0.1) is 29.4 Å². The topological polar surface area (TPSA) is 169 Å². The summed E-state index contributed by atoms with van der Waals surface area (Å²) in [5.74, 6) is 1.50. The molecule has 2 fully saturated rings. The molecule has 7 rings (SSSR count). The third-order valence-electron chi connectivity index (χ3n) is 10.7. The minimum Gasteiger partial charge on any atom is -0.490 e. The van der Waals surface area contributed by atoms with Gasteiger partial charge in [0.1, 0.15) is 17.3 Å². The average Bonchev–Trinajstić information content (AvgIpc) is 3.80. The van der Waals surface area contributed by atoms with Crippen molar-refractivity contribution in [1.82, 2.24) is 39.6 Å². The SMILES string of the molecule is CC(C)Oc1cc2nn(C3CCN(C(=O)CC4CCN(c5ccc(C(C)CCC(=O)NC=O)cn5)CC4)CC3)cc2cc1C(=O)Nc1cnn2cccnc12. The zero-order chi connectivity index (χ0) is 38.5. The number of amides is 4. The van der Waals surface area contributed by atoms with Crippen LogP contribution in [0.25, 0.3) is 16.6 Å². The maximum atomic E-state index is 13.6. The van der Waals surface area contributed by atoms with Gasteiger partial charge in [0, 0.05) is 75.3 Å². The minimum atomic E-state index is -0.322. The molecule has 0 aliphatic carbocycles. The molecule has 4 aromatic heterocycles. The Labute approximate surface area is 319 Å². The van der Waals surface area contributed by atoms with Crippen molar-refractivity contribution in [2.75, 3.05) is 36.4 Å². The van der Waals surface area contributed by atoms with Gasteiger partial charge in [-0.15, -0.1) is 0 Å². The van der Waals surface area contributed by atoms with Gasteiger partial charge >= 0.3 is 0 Å². The molecule has 0 saturated carbocycles. The lowest BCUT2D eigenvalue weighted by Gasteiger charge is -2.35. The van der Waals surface area contributed by atoms with Crippen molar-refractivity contribution >= 4 is 52.2 Å². The van der Waals surface area contributed by atoms with E-state index in [1.165, 1.54) is 0 Å². The molecule has 2 aliphatic rings. The first-order valence-corrected chi connectivity index (χ1v) is 19.2. The fourth-order valence-electron chi connectivity index (χ4n) is 7.54.